The molecule has 2 heterocycles. The number of likely N-dealkylation sites (N-methyl/N-ethyl adjacent to an activating group) is 4. The molecule has 0 aromatic heterocycles. The molecule has 0 radical (unpaired) electrons. The first-order valence-electron chi connectivity index (χ1n) is 32.2. The Morgan fingerprint density at radius 1 is 0.584 bits per heavy atom. The molecule has 0 bridgehead atoms. The summed E-state index contributed by atoms with van der Waals surface area (Å²) in [6.45, 7) is 21.2. The van der Waals surface area contributed by atoms with Gasteiger partial charge >= 0.3 is 5.97 Å². The van der Waals surface area contributed by atoms with Crippen LogP contribution < -0.4 is 5.32 Å². The number of hydrogen-bond donors (Lipinski definition) is 2. The Labute approximate surface area is 528 Å². The molecule has 0 aliphatic carbocycles. The van der Waals surface area contributed by atoms with Crippen molar-refractivity contribution in [2.24, 2.45) is 41.4 Å². The number of benzene rings is 4. The lowest BCUT2D eigenvalue weighted by Gasteiger charge is -2.39. The van der Waals surface area contributed by atoms with Crippen LogP contribution in [0.4, 0.5) is 0 Å². The molecule has 17 heteroatoms. The maximum Gasteiger partial charge on any atom is 0.332 e. The van der Waals surface area contributed by atoms with Crippen LogP contribution >= 0.6 is 0 Å². The Hall–Kier alpha value is -7.27. The van der Waals surface area contributed by atoms with E-state index in [1.807, 2.05) is 133 Å². The summed E-state index contributed by atoms with van der Waals surface area (Å²) >= 11 is 0. The van der Waals surface area contributed by atoms with E-state index in [0.717, 1.165) is 32.4 Å². The number of rotatable bonds is 14. The van der Waals surface area contributed by atoms with E-state index in [1.165, 1.54) is 49.7 Å². The quantitative estimate of drug-likeness (QED) is 0.114. The van der Waals surface area contributed by atoms with Gasteiger partial charge in [-0.1, -0.05) is 167 Å². The van der Waals surface area contributed by atoms with Crippen LogP contribution in [-0.4, -0.2) is 165 Å². The fourth-order valence-electron chi connectivity index (χ4n) is 13.3. The fourth-order valence-corrected chi connectivity index (χ4v) is 13.3. The minimum atomic E-state index is -1.95. The minimum Gasteiger partial charge on any atom is -0.450 e. The molecule has 2 N–H and O–H groups in total. The van der Waals surface area contributed by atoms with E-state index in [-0.39, 0.29) is 56.3 Å². The van der Waals surface area contributed by atoms with Gasteiger partial charge < -0.3 is 39.7 Å². The molecule has 4 unspecified atom stereocenters. The van der Waals surface area contributed by atoms with Crippen LogP contribution in [-0.2, 0) is 60.7 Å². The Morgan fingerprint density at radius 2 is 1.18 bits per heavy atom. The van der Waals surface area contributed by atoms with Gasteiger partial charge in [-0.3, -0.25) is 38.4 Å². The number of amides is 6. The number of ether oxygens (including phenoxy) is 1. The van der Waals surface area contributed by atoms with Crippen molar-refractivity contribution in [1.29, 1.82) is 0 Å². The predicted molar refractivity (Wildman–Crippen MR) is 347 cm³/mol. The third kappa shape index (κ3) is 17.2. The molecule has 6 amide bonds. The number of aliphatic hydroxyl groups is 1. The highest BCUT2D eigenvalue weighted by Gasteiger charge is 2.48. The van der Waals surface area contributed by atoms with Crippen LogP contribution in [0.2, 0.25) is 0 Å². The smallest absolute Gasteiger partial charge is 0.332 e. The van der Waals surface area contributed by atoms with Crippen molar-refractivity contribution in [3.8, 4) is 11.1 Å². The van der Waals surface area contributed by atoms with Crippen LogP contribution in [0.1, 0.15) is 139 Å². The van der Waals surface area contributed by atoms with E-state index in [2.05, 4.69) is 17.4 Å². The second-order valence-electron chi connectivity index (χ2n) is 27.1. The van der Waals surface area contributed by atoms with Crippen molar-refractivity contribution in [3.63, 3.8) is 0 Å². The normalized spacial score (nSPS) is 25.1. The van der Waals surface area contributed by atoms with Gasteiger partial charge in [0.1, 0.15) is 18.1 Å². The number of cyclic esters (lactones) is 1. The van der Waals surface area contributed by atoms with E-state index < -0.39 is 125 Å². The van der Waals surface area contributed by atoms with Gasteiger partial charge in [0.2, 0.25) is 29.5 Å². The molecule has 484 valence electrons. The van der Waals surface area contributed by atoms with Crippen molar-refractivity contribution in [3.05, 3.63) is 108 Å². The van der Waals surface area contributed by atoms with E-state index >= 15 is 28.8 Å². The summed E-state index contributed by atoms with van der Waals surface area (Å²) in [6, 6.07) is 23.7. The van der Waals surface area contributed by atoms with Gasteiger partial charge in [-0.05, 0) is 102 Å². The second kappa shape index (κ2) is 31.0. The predicted octanol–water partition coefficient (Wildman–Crippen LogP) is 9.37. The monoisotopic (exact) mass is 1220 g/mol. The average molecular weight is 1230 g/mol. The molecule has 0 spiro atoms. The van der Waals surface area contributed by atoms with Gasteiger partial charge in [-0.25, -0.2) is 4.79 Å². The highest BCUT2D eigenvalue weighted by Crippen LogP contribution is 2.33. The van der Waals surface area contributed by atoms with Crippen LogP contribution in [0.15, 0.2) is 97.1 Å². The maximum absolute atomic E-state index is 15.8. The van der Waals surface area contributed by atoms with Gasteiger partial charge in [0, 0.05) is 78.2 Å². The van der Waals surface area contributed by atoms with Crippen LogP contribution in [0.25, 0.3) is 21.9 Å². The van der Waals surface area contributed by atoms with Crippen LogP contribution in [0.5, 0.6) is 0 Å². The molecule has 6 rings (SSSR count). The fraction of sp³-hybridized carbons (Fsp3) is 0.569. The number of carbonyl (C=O) groups is 9. The standard InChI is InChI=1S/C72H100N6O11/c1-17-46(9)55-42-59(79)57-32-25-35-78(57)69(85)58(39-49-28-24-31-51(37-49)53-34-33-50-29-22-23-30-52(50)40-53)74(13)68(84)56(38-48-26-20-19-21-27-48)73-65(81)62(45(7)8)76(15)70(86)63(47(10)18-2)89-71(87)64(72(11,12)88)77(16)66(82)54(36-43(3)4)41-60(80)61(44(5)6)75(14)67(55)83/h19-24,26-31,33-34,37,40,43-47,54-58,61-64,88H,17-18,25,32,35-36,38-39,41-42H2,1-16H3,(H,73,81)/t46?,47?,54-,55+,56+,57?,58?,61+,62+,63-,64-/m1/s1. The van der Waals surface area contributed by atoms with E-state index in [1.54, 1.807) is 32.7 Å². The zero-order valence-corrected chi connectivity index (χ0v) is 55.7. The topological polar surface area (TPSA) is 211 Å². The lowest BCUT2D eigenvalue weighted by atomic mass is 9.82. The van der Waals surface area contributed by atoms with Crippen molar-refractivity contribution in [2.45, 2.75) is 189 Å². The first-order chi connectivity index (χ1) is 41.9. The third-order valence-corrected chi connectivity index (χ3v) is 18.6. The molecule has 2 fully saturated rings. The second-order valence-corrected chi connectivity index (χ2v) is 27.1. The van der Waals surface area contributed by atoms with E-state index in [4.69, 9.17) is 4.74 Å². The Balaban J connectivity index is 1.52. The number of nitrogens with one attached hydrogen (secondary N) is 1. The number of hydrogen-bond acceptors (Lipinski definition) is 11. The number of esters is 1. The summed E-state index contributed by atoms with van der Waals surface area (Å²) in [5, 5.41) is 16.9. The van der Waals surface area contributed by atoms with Crippen molar-refractivity contribution in [2.75, 3.05) is 34.7 Å². The molecule has 11 atom stereocenters. The van der Waals surface area contributed by atoms with Gasteiger partial charge in [-0.15, -0.1) is 0 Å². The van der Waals surface area contributed by atoms with Gasteiger partial charge in [0.25, 0.3) is 5.91 Å². The molecule has 4 aromatic carbocycles. The number of ketones is 2. The summed E-state index contributed by atoms with van der Waals surface area (Å²) in [5.74, 6) is -9.45. The Bertz CT molecular complexity index is 3160. The Morgan fingerprint density at radius 3 is 1.79 bits per heavy atom. The molecular formula is C72H100N6O11. The number of Topliss-reactive ketones (excluding diaryl/α,β-unsaturated/α-hetero) is 2. The number of carbonyl (C=O) groups excluding carboxylic acids is 9. The van der Waals surface area contributed by atoms with Crippen LogP contribution in [0, 0.1) is 41.4 Å². The molecule has 2 saturated heterocycles. The summed E-state index contributed by atoms with van der Waals surface area (Å²) < 4.78 is 6.17. The third-order valence-electron chi connectivity index (χ3n) is 18.6. The zero-order valence-electron chi connectivity index (χ0n) is 55.7. The highest BCUT2D eigenvalue weighted by molar-refractivity contribution is 5.99. The molecule has 2 aliphatic heterocycles. The largest absolute Gasteiger partial charge is 0.450 e. The van der Waals surface area contributed by atoms with Gasteiger partial charge in [0.05, 0.1) is 17.7 Å². The van der Waals surface area contributed by atoms with Crippen molar-refractivity contribution in [1.82, 2.24) is 29.8 Å². The number of nitrogens with zero attached hydrogens (tertiary/aromatic N) is 5. The zero-order chi connectivity index (χ0) is 65.9. The number of fused-ring (bicyclic) bond motifs is 2. The maximum atomic E-state index is 15.8. The molecule has 4 aromatic rings. The lowest BCUT2D eigenvalue weighted by Crippen LogP contribution is -2.61. The molecule has 0 saturated carbocycles. The lowest BCUT2D eigenvalue weighted by molar-refractivity contribution is -0.178. The minimum absolute atomic E-state index is 0.0140. The van der Waals surface area contributed by atoms with Crippen molar-refractivity contribution >= 4 is 63.8 Å². The molecule has 89 heavy (non-hydrogen) atoms. The SMILES string of the molecule is CCC(C)[C@@H]1CC(=O)C2CCCN2C(=O)C(Cc2cccc(-c3ccc4ccccc4c3)c2)N(C)C(=O)[C@H](Cc2ccccc2)NC(=O)[C@H](C(C)C)N(C)C(=O)[C@@H](C(C)CC)OC(=O)[C@H](C(C)(C)O)N(C)C(=O)[C@H](CC(C)C)CC(=O)[C@H](C(C)C)N(C)C1=O. The van der Waals surface area contributed by atoms with Gasteiger partial charge in [0.15, 0.2) is 23.7 Å². The summed E-state index contributed by atoms with van der Waals surface area (Å²) in [7, 11) is 5.86. The summed E-state index contributed by atoms with van der Waals surface area (Å²) in [6.07, 6.45) is -0.223. The average Bonchev–Trinajstić information content (AvgIpc) is 2.39. The molecule has 2 aliphatic rings. The highest BCUT2D eigenvalue weighted by atomic mass is 16.6. The first-order valence-corrected chi connectivity index (χ1v) is 32.2. The van der Waals surface area contributed by atoms with Gasteiger partial charge in [-0.2, -0.15) is 0 Å². The molecular weight excluding hydrogens is 1120 g/mol. The summed E-state index contributed by atoms with van der Waals surface area (Å²) in [4.78, 5) is 143. The molecule has 17 nitrogen and oxygen atoms in total. The van der Waals surface area contributed by atoms with Crippen LogP contribution in [0.3, 0.4) is 0 Å². The van der Waals surface area contributed by atoms with E-state index in [9.17, 15) is 19.5 Å². The van der Waals surface area contributed by atoms with E-state index in [0.29, 0.717) is 31.2 Å². The first kappa shape index (κ1) is 70.8. The van der Waals surface area contributed by atoms with Crippen molar-refractivity contribution < 1.29 is 53.0 Å². The summed E-state index contributed by atoms with van der Waals surface area (Å²) in [5.41, 5.74) is 1.30. The Kier molecular flexibility index (Phi) is 24.6.